The van der Waals surface area contributed by atoms with Crippen molar-refractivity contribution < 1.29 is 18.7 Å². The SMILES string of the molecule is CCC(C)C(O)C(F)(F)C(=O)SC(C)(C)C. The highest BCUT2D eigenvalue weighted by atomic mass is 32.2. The van der Waals surface area contributed by atoms with E-state index in [2.05, 4.69) is 0 Å². The minimum Gasteiger partial charge on any atom is -0.386 e. The lowest BCUT2D eigenvalue weighted by molar-refractivity contribution is -0.157. The quantitative estimate of drug-likeness (QED) is 0.837. The van der Waals surface area contributed by atoms with Gasteiger partial charge in [-0.25, -0.2) is 0 Å². The number of carbonyl (C=O) groups excluding carboxylic acids is 1. The predicted molar refractivity (Wildman–Crippen MR) is 62.8 cm³/mol. The Morgan fingerprint density at radius 2 is 1.81 bits per heavy atom. The van der Waals surface area contributed by atoms with E-state index in [1.54, 1.807) is 27.7 Å². The number of alkyl halides is 2. The van der Waals surface area contributed by atoms with Crippen LogP contribution in [0.5, 0.6) is 0 Å². The van der Waals surface area contributed by atoms with Crippen molar-refractivity contribution in [1.82, 2.24) is 0 Å². The summed E-state index contributed by atoms with van der Waals surface area (Å²) in [6, 6.07) is 0. The molecule has 1 N–H and O–H groups in total. The molecular formula is C11H20F2O2S. The molecule has 16 heavy (non-hydrogen) atoms. The Kier molecular flexibility index (Phi) is 5.39. The molecule has 0 amide bonds. The maximum Gasteiger partial charge on any atom is 0.340 e. The van der Waals surface area contributed by atoms with Gasteiger partial charge in [0.1, 0.15) is 6.10 Å². The largest absolute Gasteiger partial charge is 0.386 e. The second-order valence-corrected chi connectivity index (χ2v) is 6.75. The summed E-state index contributed by atoms with van der Waals surface area (Å²) in [5.74, 6) is -4.27. The molecule has 2 nitrogen and oxygen atoms in total. The average molecular weight is 254 g/mol. The van der Waals surface area contributed by atoms with Crippen LogP contribution in [0.2, 0.25) is 0 Å². The average Bonchev–Trinajstić information content (AvgIpc) is 2.12. The van der Waals surface area contributed by atoms with Gasteiger partial charge in [0.2, 0.25) is 0 Å². The number of thioether (sulfide) groups is 1. The molecule has 0 aromatic carbocycles. The number of carbonyl (C=O) groups is 1. The van der Waals surface area contributed by atoms with Crippen molar-refractivity contribution in [1.29, 1.82) is 0 Å². The van der Waals surface area contributed by atoms with Gasteiger partial charge in [-0.1, -0.05) is 52.8 Å². The first kappa shape index (κ1) is 15.8. The number of hydrogen-bond donors (Lipinski definition) is 1. The standard InChI is InChI=1S/C11H20F2O2S/c1-6-7(2)8(14)11(12,13)9(15)16-10(3,4)5/h7-8,14H,6H2,1-5H3. The van der Waals surface area contributed by atoms with E-state index < -0.39 is 27.8 Å². The van der Waals surface area contributed by atoms with Crippen molar-refractivity contribution in [2.45, 2.75) is 57.8 Å². The van der Waals surface area contributed by atoms with E-state index in [1.165, 1.54) is 6.92 Å². The molecule has 0 radical (unpaired) electrons. The molecule has 0 rings (SSSR count). The number of rotatable bonds is 4. The normalized spacial score (nSPS) is 17.0. The van der Waals surface area contributed by atoms with Crippen LogP contribution in [-0.2, 0) is 4.79 Å². The highest BCUT2D eigenvalue weighted by molar-refractivity contribution is 8.14. The van der Waals surface area contributed by atoms with Crippen LogP contribution in [0.4, 0.5) is 8.78 Å². The molecule has 0 aromatic rings. The van der Waals surface area contributed by atoms with E-state index in [-0.39, 0.29) is 0 Å². The van der Waals surface area contributed by atoms with Crippen molar-refractivity contribution in [3.05, 3.63) is 0 Å². The Hall–Kier alpha value is -0.160. The van der Waals surface area contributed by atoms with Crippen LogP contribution in [0.25, 0.3) is 0 Å². The zero-order valence-electron chi connectivity index (χ0n) is 10.4. The lowest BCUT2D eigenvalue weighted by Crippen LogP contribution is -2.44. The number of halogens is 2. The second-order valence-electron chi connectivity index (χ2n) is 4.96. The first-order valence-corrected chi connectivity index (χ1v) is 6.13. The molecule has 0 aliphatic rings. The van der Waals surface area contributed by atoms with Crippen molar-refractivity contribution >= 4 is 16.9 Å². The minimum atomic E-state index is -3.67. The van der Waals surface area contributed by atoms with Gasteiger partial charge in [0, 0.05) is 4.75 Å². The number of aliphatic hydroxyl groups excluding tert-OH is 1. The third-order valence-corrected chi connectivity index (χ3v) is 3.30. The third-order valence-electron chi connectivity index (χ3n) is 2.23. The molecule has 0 saturated carbocycles. The van der Waals surface area contributed by atoms with E-state index in [0.717, 1.165) is 0 Å². The topological polar surface area (TPSA) is 37.3 Å². The Labute approximate surface area is 99.8 Å². The Morgan fingerprint density at radius 1 is 1.38 bits per heavy atom. The Balaban J connectivity index is 4.71. The summed E-state index contributed by atoms with van der Waals surface area (Å²) in [5.41, 5.74) is 0. The van der Waals surface area contributed by atoms with Crippen molar-refractivity contribution in [2.24, 2.45) is 5.92 Å². The van der Waals surface area contributed by atoms with Gasteiger partial charge in [0.05, 0.1) is 0 Å². The van der Waals surface area contributed by atoms with Gasteiger partial charge in [0.25, 0.3) is 5.12 Å². The Morgan fingerprint density at radius 3 is 2.12 bits per heavy atom. The van der Waals surface area contributed by atoms with Gasteiger partial charge in [-0.3, -0.25) is 4.79 Å². The summed E-state index contributed by atoms with van der Waals surface area (Å²) >= 11 is 0.571. The fourth-order valence-corrected chi connectivity index (χ4v) is 1.86. The van der Waals surface area contributed by atoms with Crippen molar-refractivity contribution in [3.8, 4) is 0 Å². The van der Waals surface area contributed by atoms with Gasteiger partial charge in [-0.05, 0) is 5.92 Å². The van der Waals surface area contributed by atoms with Crippen LogP contribution in [-0.4, -0.2) is 27.0 Å². The van der Waals surface area contributed by atoms with Crippen LogP contribution >= 0.6 is 11.8 Å². The number of hydrogen-bond acceptors (Lipinski definition) is 3. The molecular weight excluding hydrogens is 234 g/mol. The van der Waals surface area contributed by atoms with E-state index >= 15 is 0 Å². The van der Waals surface area contributed by atoms with Crippen molar-refractivity contribution in [3.63, 3.8) is 0 Å². The van der Waals surface area contributed by atoms with Crippen molar-refractivity contribution in [2.75, 3.05) is 0 Å². The molecule has 0 saturated heterocycles. The zero-order chi connectivity index (χ0) is 13.1. The van der Waals surface area contributed by atoms with E-state index in [0.29, 0.717) is 18.2 Å². The summed E-state index contributed by atoms with van der Waals surface area (Å²) in [6.45, 7) is 8.25. The molecule has 0 aliphatic carbocycles. The zero-order valence-corrected chi connectivity index (χ0v) is 11.2. The molecule has 0 aromatic heterocycles. The minimum absolute atomic E-state index is 0.407. The molecule has 0 spiro atoms. The molecule has 0 fully saturated rings. The first-order valence-electron chi connectivity index (χ1n) is 5.31. The number of aliphatic hydroxyl groups is 1. The monoisotopic (exact) mass is 254 g/mol. The van der Waals surface area contributed by atoms with Gasteiger partial charge >= 0.3 is 5.92 Å². The summed E-state index contributed by atoms with van der Waals surface area (Å²) in [7, 11) is 0. The summed E-state index contributed by atoms with van der Waals surface area (Å²) in [5, 5.41) is 8.17. The lowest BCUT2D eigenvalue weighted by atomic mass is 9.97. The van der Waals surface area contributed by atoms with Crippen LogP contribution in [0.3, 0.4) is 0 Å². The van der Waals surface area contributed by atoms with Crippen LogP contribution in [0, 0.1) is 5.92 Å². The maximum atomic E-state index is 13.6. The third kappa shape index (κ3) is 4.37. The van der Waals surface area contributed by atoms with E-state index in [1.807, 2.05) is 0 Å². The van der Waals surface area contributed by atoms with Crippen LogP contribution in [0.15, 0.2) is 0 Å². The fraction of sp³-hybridized carbons (Fsp3) is 0.909. The molecule has 0 bridgehead atoms. The highest BCUT2D eigenvalue weighted by Gasteiger charge is 2.49. The van der Waals surface area contributed by atoms with Crippen LogP contribution in [0.1, 0.15) is 41.0 Å². The van der Waals surface area contributed by atoms with Crippen LogP contribution < -0.4 is 0 Å². The van der Waals surface area contributed by atoms with Gasteiger partial charge in [0.15, 0.2) is 0 Å². The predicted octanol–water partition coefficient (Wildman–Crippen LogP) is 3.09. The lowest BCUT2D eigenvalue weighted by Gasteiger charge is -2.27. The molecule has 2 atom stereocenters. The van der Waals surface area contributed by atoms with Gasteiger partial charge < -0.3 is 5.11 Å². The van der Waals surface area contributed by atoms with E-state index in [4.69, 9.17) is 0 Å². The molecule has 96 valence electrons. The highest BCUT2D eigenvalue weighted by Crippen LogP contribution is 2.35. The van der Waals surface area contributed by atoms with E-state index in [9.17, 15) is 18.7 Å². The summed E-state index contributed by atoms with van der Waals surface area (Å²) in [6.07, 6.45) is -1.50. The smallest absolute Gasteiger partial charge is 0.340 e. The fourth-order valence-electron chi connectivity index (χ4n) is 1.05. The van der Waals surface area contributed by atoms with Gasteiger partial charge in [-0.15, -0.1) is 0 Å². The van der Waals surface area contributed by atoms with Gasteiger partial charge in [-0.2, -0.15) is 8.78 Å². The molecule has 2 unspecified atom stereocenters. The molecule has 0 heterocycles. The molecule has 5 heteroatoms. The first-order chi connectivity index (χ1) is 7.02. The molecule has 0 aliphatic heterocycles. The Bertz CT molecular complexity index is 249. The summed E-state index contributed by atoms with van der Waals surface area (Å²) in [4.78, 5) is 11.4. The second kappa shape index (κ2) is 5.45. The maximum absolute atomic E-state index is 13.6. The summed E-state index contributed by atoms with van der Waals surface area (Å²) < 4.78 is 26.5.